The molecular weight excluding hydrogens is 366 g/mol. The van der Waals surface area contributed by atoms with Crippen molar-refractivity contribution in [1.82, 2.24) is 4.90 Å². The van der Waals surface area contributed by atoms with Crippen LogP contribution < -0.4 is 0 Å². The lowest BCUT2D eigenvalue weighted by Crippen LogP contribution is -2.40. The number of hydrogen-bond donors (Lipinski definition) is 0. The van der Waals surface area contributed by atoms with Gasteiger partial charge < -0.3 is 4.90 Å². The molecule has 2 aromatic carbocycles. The fraction of sp³-hybridized carbons (Fsp3) is 0.250. The number of rotatable bonds is 4. The fourth-order valence-corrected chi connectivity index (χ4v) is 5.95. The molecule has 0 saturated carbocycles. The smallest absolute Gasteiger partial charge is 0.264 e. The Balaban J connectivity index is 1.72. The van der Waals surface area contributed by atoms with Crippen molar-refractivity contribution in [2.45, 2.75) is 19.0 Å². The van der Waals surface area contributed by atoms with Crippen LogP contribution in [0.1, 0.15) is 21.7 Å². The maximum Gasteiger partial charge on any atom is 0.264 e. The van der Waals surface area contributed by atoms with E-state index in [1.165, 1.54) is 11.3 Å². The molecule has 1 amide bonds. The molecule has 26 heavy (non-hydrogen) atoms. The van der Waals surface area contributed by atoms with Gasteiger partial charge in [-0.3, -0.25) is 4.79 Å². The van der Waals surface area contributed by atoms with Crippen molar-refractivity contribution < 1.29 is 13.2 Å². The molecule has 4 nitrogen and oxygen atoms in total. The van der Waals surface area contributed by atoms with E-state index < -0.39 is 9.84 Å². The first-order valence-corrected chi connectivity index (χ1v) is 11.3. The van der Waals surface area contributed by atoms with Crippen molar-refractivity contribution in [1.29, 1.82) is 0 Å². The molecule has 0 N–H and O–H groups in total. The number of benzene rings is 2. The van der Waals surface area contributed by atoms with Crippen LogP contribution in [0.3, 0.4) is 0 Å². The monoisotopic (exact) mass is 385 g/mol. The molecule has 3 aromatic rings. The highest BCUT2D eigenvalue weighted by Gasteiger charge is 2.35. The first-order valence-electron chi connectivity index (χ1n) is 8.55. The normalized spacial score (nSPS) is 18.8. The van der Waals surface area contributed by atoms with Gasteiger partial charge in [0.25, 0.3) is 5.91 Å². The number of amides is 1. The third-order valence-corrected chi connectivity index (χ3v) is 7.47. The summed E-state index contributed by atoms with van der Waals surface area (Å²) >= 11 is 1.39. The van der Waals surface area contributed by atoms with E-state index in [0.717, 1.165) is 16.3 Å². The molecule has 2 heterocycles. The number of carbonyl (C=O) groups excluding carboxylic acids is 1. The average Bonchev–Trinajstić information content (AvgIpc) is 3.29. The summed E-state index contributed by atoms with van der Waals surface area (Å²) in [7, 11) is -3.07. The van der Waals surface area contributed by atoms with E-state index in [1.807, 2.05) is 53.9 Å². The van der Waals surface area contributed by atoms with E-state index in [9.17, 15) is 13.2 Å². The second-order valence-corrected chi connectivity index (χ2v) is 9.78. The first kappa shape index (κ1) is 17.2. The highest BCUT2D eigenvalue weighted by Crippen LogP contribution is 2.26. The molecule has 1 aliphatic heterocycles. The summed E-state index contributed by atoms with van der Waals surface area (Å²) in [4.78, 5) is 15.5. The van der Waals surface area contributed by atoms with Gasteiger partial charge in [0.15, 0.2) is 9.84 Å². The molecule has 0 aliphatic carbocycles. The SMILES string of the molecule is O=C(c1cccs1)N(Cc1cccc2ccccc12)[C@H]1CCS(=O)(=O)C1. The molecular formula is C20H19NO3S2. The van der Waals surface area contributed by atoms with E-state index in [-0.39, 0.29) is 23.5 Å². The van der Waals surface area contributed by atoms with E-state index in [4.69, 9.17) is 0 Å². The van der Waals surface area contributed by atoms with Crippen LogP contribution in [0.15, 0.2) is 60.0 Å². The summed E-state index contributed by atoms with van der Waals surface area (Å²) in [5.41, 5.74) is 1.04. The van der Waals surface area contributed by atoms with Crippen LogP contribution in [0.25, 0.3) is 10.8 Å². The van der Waals surface area contributed by atoms with Crippen LogP contribution in [0.2, 0.25) is 0 Å². The van der Waals surface area contributed by atoms with Gasteiger partial charge in [0, 0.05) is 12.6 Å². The number of hydrogen-bond acceptors (Lipinski definition) is 4. The van der Waals surface area contributed by atoms with Gasteiger partial charge in [-0.2, -0.15) is 0 Å². The fourth-order valence-electron chi connectivity index (χ4n) is 3.54. The summed E-state index contributed by atoms with van der Waals surface area (Å²) in [6.45, 7) is 0.415. The van der Waals surface area contributed by atoms with Crippen molar-refractivity contribution >= 4 is 37.9 Å². The molecule has 1 fully saturated rings. The largest absolute Gasteiger partial charge is 0.330 e. The zero-order valence-electron chi connectivity index (χ0n) is 14.2. The van der Waals surface area contributed by atoms with Gasteiger partial charge in [-0.25, -0.2) is 8.42 Å². The molecule has 1 aliphatic rings. The summed E-state index contributed by atoms with van der Waals surface area (Å²) in [5.74, 6) is 0.117. The van der Waals surface area contributed by atoms with Gasteiger partial charge in [0.05, 0.1) is 16.4 Å². The Morgan fingerprint density at radius 1 is 1.08 bits per heavy atom. The first-order chi connectivity index (χ1) is 12.5. The summed E-state index contributed by atoms with van der Waals surface area (Å²) < 4.78 is 24.0. The van der Waals surface area contributed by atoms with E-state index in [2.05, 4.69) is 0 Å². The second-order valence-electron chi connectivity index (χ2n) is 6.61. The second kappa shape index (κ2) is 6.85. The molecule has 0 unspecified atom stereocenters. The molecule has 134 valence electrons. The topological polar surface area (TPSA) is 54.5 Å². The predicted molar refractivity (Wildman–Crippen MR) is 105 cm³/mol. The van der Waals surface area contributed by atoms with Crippen LogP contribution in [-0.2, 0) is 16.4 Å². The van der Waals surface area contributed by atoms with Crippen molar-refractivity contribution in [3.63, 3.8) is 0 Å². The zero-order chi connectivity index (χ0) is 18.1. The van der Waals surface area contributed by atoms with Gasteiger partial charge in [-0.05, 0) is 34.2 Å². The maximum absolute atomic E-state index is 13.1. The molecule has 1 atom stereocenters. The Hall–Kier alpha value is -2.18. The third kappa shape index (κ3) is 3.39. The van der Waals surface area contributed by atoms with Gasteiger partial charge in [0.1, 0.15) is 0 Å². The lowest BCUT2D eigenvalue weighted by molar-refractivity contribution is 0.0687. The molecule has 0 spiro atoms. The van der Waals surface area contributed by atoms with E-state index in [0.29, 0.717) is 17.8 Å². The minimum absolute atomic E-state index is 0.0505. The highest BCUT2D eigenvalue weighted by molar-refractivity contribution is 7.91. The van der Waals surface area contributed by atoms with Crippen molar-refractivity contribution in [3.8, 4) is 0 Å². The zero-order valence-corrected chi connectivity index (χ0v) is 15.8. The number of fused-ring (bicyclic) bond motifs is 1. The molecule has 0 bridgehead atoms. The third-order valence-electron chi connectivity index (χ3n) is 4.86. The van der Waals surface area contributed by atoms with Crippen molar-refractivity contribution in [2.75, 3.05) is 11.5 Å². The van der Waals surface area contributed by atoms with Crippen LogP contribution in [0.5, 0.6) is 0 Å². The lowest BCUT2D eigenvalue weighted by atomic mass is 10.0. The molecule has 4 rings (SSSR count). The van der Waals surface area contributed by atoms with Crippen LogP contribution in [-0.4, -0.2) is 36.8 Å². The Labute approximate surface area is 157 Å². The number of carbonyl (C=O) groups is 1. The maximum atomic E-state index is 13.1. The number of thiophene rings is 1. The average molecular weight is 386 g/mol. The van der Waals surface area contributed by atoms with Crippen LogP contribution in [0, 0.1) is 0 Å². The standard InChI is InChI=1S/C20H19NO3S2/c22-20(19-9-4-11-25-19)21(17-10-12-26(23,24)14-17)13-16-7-3-6-15-5-1-2-8-18(15)16/h1-9,11,17H,10,12-14H2/t17-/m0/s1. The van der Waals surface area contributed by atoms with Gasteiger partial charge >= 0.3 is 0 Å². The summed E-state index contributed by atoms with van der Waals surface area (Å²) in [5, 5.41) is 4.08. The van der Waals surface area contributed by atoms with Crippen LogP contribution >= 0.6 is 11.3 Å². The number of nitrogens with zero attached hydrogens (tertiary/aromatic N) is 1. The van der Waals surface area contributed by atoms with E-state index in [1.54, 1.807) is 11.0 Å². The predicted octanol–water partition coefficient (Wildman–Crippen LogP) is 3.73. The van der Waals surface area contributed by atoms with Gasteiger partial charge in [0.2, 0.25) is 0 Å². The van der Waals surface area contributed by atoms with Crippen molar-refractivity contribution in [3.05, 3.63) is 70.4 Å². The van der Waals surface area contributed by atoms with Crippen LogP contribution in [0.4, 0.5) is 0 Å². The van der Waals surface area contributed by atoms with Crippen molar-refractivity contribution in [2.24, 2.45) is 0 Å². The quantitative estimate of drug-likeness (QED) is 0.688. The Morgan fingerprint density at radius 2 is 1.88 bits per heavy atom. The summed E-state index contributed by atoms with van der Waals surface area (Å²) in [6, 6.07) is 17.5. The number of sulfone groups is 1. The Morgan fingerprint density at radius 3 is 2.62 bits per heavy atom. The minimum atomic E-state index is -3.07. The van der Waals surface area contributed by atoms with Gasteiger partial charge in [-0.15, -0.1) is 11.3 Å². The lowest BCUT2D eigenvalue weighted by Gasteiger charge is -2.28. The summed E-state index contributed by atoms with van der Waals surface area (Å²) in [6.07, 6.45) is 0.504. The van der Waals surface area contributed by atoms with Gasteiger partial charge in [-0.1, -0.05) is 48.5 Å². The molecule has 1 aromatic heterocycles. The Kier molecular flexibility index (Phi) is 4.54. The Bertz CT molecular complexity index is 1040. The highest BCUT2D eigenvalue weighted by atomic mass is 32.2. The minimum Gasteiger partial charge on any atom is -0.330 e. The van der Waals surface area contributed by atoms with E-state index >= 15 is 0 Å². The molecule has 1 saturated heterocycles. The molecule has 6 heteroatoms. The molecule has 0 radical (unpaired) electrons.